The first-order chi connectivity index (χ1) is 2.00. The summed E-state index contributed by atoms with van der Waals surface area (Å²) in [6, 6.07) is 0. The summed E-state index contributed by atoms with van der Waals surface area (Å²) in [5.74, 6) is 0. The van der Waals surface area contributed by atoms with Crippen LogP contribution in [0.4, 0.5) is 0 Å². The summed E-state index contributed by atoms with van der Waals surface area (Å²) in [4.78, 5) is 0. The Kier molecular flexibility index (Phi) is 49.4. The summed E-state index contributed by atoms with van der Waals surface area (Å²) in [6.45, 7) is 0. The monoisotopic (exact) mass is 230 g/mol. The Bertz CT molecular complexity index is 95.4. The molecule has 0 unspecified atom stereocenters. The van der Waals surface area contributed by atoms with E-state index in [1.807, 2.05) is 0 Å². The van der Waals surface area contributed by atoms with Crippen molar-refractivity contribution in [1.82, 2.24) is 0 Å². The summed E-state index contributed by atoms with van der Waals surface area (Å²) in [6.07, 6.45) is 0. The van der Waals surface area contributed by atoms with Gasteiger partial charge in [0.1, 0.15) is 0 Å². The molecular formula is HK3O5S. The van der Waals surface area contributed by atoms with Crippen LogP contribution in [0.15, 0.2) is 0 Å². The van der Waals surface area contributed by atoms with Crippen LogP contribution in [-0.2, 0) is 10.4 Å². The SMILES string of the molecule is O=S(=O)([O-])[O-].[K+].[K+].[K+].[OH-]. The number of hydrogen-bond acceptors (Lipinski definition) is 5. The van der Waals surface area contributed by atoms with Crippen LogP contribution in [0.3, 0.4) is 0 Å². The molecule has 0 saturated carbocycles. The molecule has 0 atom stereocenters. The van der Waals surface area contributed by atoms with E-state index in [2.05, 4.69) is 0 Å². The molecule has 0 heterocycles. The Morgan fingerprint density at radius 2 is 0.889 bits per heavy atom. The van der Waals surface area contributed by atoms with Gasteiger partial charge in [-0.2, -0.15) is 0 Å². The summed E-state index contributed by atoms with van der Waals surface area (Å²) >= 11 is 0. The first-order valence-electron chi connectivity index (χ1n) is 0.667. The Hall–Kier alpha value is 4.74. The van der Waals surface area contributed by atoms with Crippen LogP contribution >= 0.6 is 0 Å². The molecule has 0 aromatic heterocycles. The van der Waals surface area contributed by atoms with E-state index in [1.54, 1.807) is 0 Å². The zero-order valence-electron chi connectivity index (χ0n) is 5.49. The Balaban J connectivity index is -0.0000000133. The first kappa shape index (κ1) is 29.2. The molecule has 0 aliphatic carbocycles. The van der Waals surface area contributed by atoms with E-state index in [4.69, 9.17) is 17.5 Å². The molecule has 0 fully saturated rings. The van der Waals surface area contributed by atoms with Crippen molar-refractivity contribution in [3.05, 3.63) is 0 Å². The van der Waals surface area contributed by atoms with Crippen molar-refractivity contribution in [2.45, 2.75) is 0 Å². The van der Waals surface area contributed by atoms with Crippen molar-refractivity contribution >= 4 is 10.4 Å². The van der Waals surface area contributed by atoms with Crippen molar-refractivity contribution in [3.8, 4) is 0 Å². The molecule has 9 heteroatoms. The van der Waals surface area contributed by atoms with E-state index < -0.39 is 10.4 Å². The van der Waals surface area contributed by atoms with Gasteiger partial charge in [0.25, 0.3) is 0 Å². The molecular weight excluding hydrogens is 229 g/mol. The molecule has 40 valence electrons. The second-order valence-corrected chi connectivity index (χ2v) is 1.22. The summed E-state index contributed by atoms with van der Waals surface area (Å²) in [7, 11) is -5.17. The van der Waals surface area contributed by atoms with Crippen molar-refractivity contribution < 1.29 is 177 Å². The predicted molar refractivity (Wildman–Crippen MR) is 12.4 cm³/mol. The molecule has 1 N–H and O–H groups in total. The maximum atomic E-state index is 8.52. The summed E-state index contributed by atoms with van der Waals surface area (Å²) in [5, 5.41) is 0. The van der Waals surface area contributed by atoms with Crippen molar-refractivity contribution in [1.29, 1.82) is 0 Å². The van der Waals surface area contributed by atoms with Crippen LogP contribution in [-0.4, -0.2) is 23.0 Å². The summed E-state index contributed by atoms with van der Waals surface area (Å²) in [5.41, 5.74) is 0. The normalized spacial score (nSPS) is 6.44. The van der Waals surface area contributed by atoms with Crippen LogP contribution in [0.2, 0.25) is 0 Å². The second kappa shape index (κ2) is 15.2. The van der Waals surface area contributed by atoms with E-state index >= 15 is 0 Å². The van der Waals surface area contributed by atoms with Crippen LogP contribution in [0.5, 0.6) is 0 Å². The average molecular weight is 230 g/mol. The quantitative estimate of drug-likeness (QED) is 0.233. The van der Waals surface area contributed by atoms with Crippen LogP contribution in [0.1, 0.15) is 0 Å². The fourth-order valence-electron chi connectivity index (χ4n) is 0. The maximum Gasteiger partial charge on any atom is 1.00 e. The van der Waals surface area contributed by atoms with Gasteiger partial charge in [0.15, 0.2) is 0 Å². The Labute approximate surface area is 181 Å². The topological polar surface area (TPSA) is 110 Å². The zero-order valence-corrected chi connectivity index (χ0v) is 15.7. The van der Waals surface area contributed by atoms with Gasteiger partial charge in [0, 0.05) is 10.4 Å². The molecule has 0 saturated heterocycles. The molecule has 0 bridgehead atoms. The Morgan fingerprint density at radius 3 is 0.889 bits per heavy atom. The van der Waals surface area contributed by atoms with Crippen LogP contribution < -0.4 is 154 Å². The van der Waals surface area contributed by atoms with Crippen molar-refractivity contribution in [2.75, 3.05) is 0 Å². The number of hydrogen-bond donors (Lipinski definition) is 0. The van der Waals surface area contributed by atoms with Gasteiger partial charge in [0.05, 0.1) is 0 Å². The van der Waals surface area contributed by atoms with Gasteiger partial charge < -0.3 is 14.6 Å². The van der Waals surface area contributed by atoms with Gasteiger partial charge in [-0.25, -0.2) is 0 Å². The van der Waals surface area contributed by atoms with E-state index in [-0.39, 0.29) is 160 Å². The van der Waals surface area contributed by atoms with Gasteiger partial charge in [-0.3, -0.25) is 8.42 Å². The predicted octanol–water partition coefficient (Wildman–Crippen LogP) is -10.5. The van der Waals surface area contributed by atoms with Gasteiger partial charge in [0.2, 0.25) is 0 Å². The fraction of sp³-hybridized carbons (Fsp3) is 0. The zero-order chi connectivity index (χ0) is 4.50. The number of rotatable bonds is 0. The molecule has 9 heavy (non-hydrogen) atoms. The molecule has 0 spiro atoms. The minimum absolute atomic E-state index is 0. The van der Waals surface area contributed by atoms with Crippen molar-refractivity contribution in [3.63, 3.8) is 0 Å². The molecule has 0 aliphatic rings. The van der Waals surface area contributed by atoms with Gasteiger partial charge in [-0.15, -0.1) is 0 Å². The van der Waals surface area contributed by atoms with E-state index in [9.17, 15) is 0 Å². The van der Waals surface area contributed by atoms with E-state index in [0.29, 0.717) is 0 Å². The molecule has 5 nitrogen and oxygen atoms in total. The molecule has 0 aliphatic heterocycles. The molecule has 0 aromatic rings. The summed E-state index contributed by atoms with van der Waals surface area (Å²) < 4.78 is 34.1. The maximum absolute atomic E-state index is 8.52. The van der Waals surface area contributed by atoms with Crippen molar-refractivity contribution in [2.24, 2.45) is 0 Å². The van der Waals surface area contributed by atoms with E-state index in [1.165, 1.54) is 0 Å². The van der Waals surface area contributed by atoms with E-state index in [0.717, 1.165) is 0 Å². The molecule has 0 rings (SSSR count). The third-order valence-electron chi connectivity index (χ3n) is 0. The molecule has 0 amide bonds. The van der Waals surface area contributed by atoms with Gasteiger partial charge in [-0.1, -0.05) is 0 Å². The van der Waals surface area contributed by atoms with Crippen LogP contribution in [0, 0.1) is 0 Å². The van der Waals surface area contributed by atoms with Gasteiger partial charge >= 0.3 is 154 Å². The second-order valence-electron chi connectivity index (χ2n) is 0.408. The third-order valence-corrected chi connectivity index (χ3v) is 0. The largest absolute Gasteiger partial charge is 1.00 e. The fourth-order valence-corrected chi connectivity index (χ4v) is 0. The first-order valence-corrected chi connectivity index (χ1v) is 2.00. The molecule has 0 aromatic carbocycles. The third kappa shape index (κ3) is 65.4. The Morgan fingerprint density at radius 1 is 0.889 bits per heavy atom. The smallest absolute Gasteiger partial charge is 0.870 e. The minimum atomic E-state index is -5.17. The van der Waals surface area contributed by atoms with Gasteiger partial charge in [-0.05, 0) is 0 Å². The standard InChI is InChI=1S/3K.H2O4S.H2O/c;;;1-5(2,3)4;/h;;;(H2,1,2,3,4);1H2/q3*+1;;/p-3. The minimum Gasteiger partial charge on any atom is -0.870 e. The van der Waals surface area contributed by atoms with Crippen LogP contribution in [0.25, 0.3) is 0 Å². The molecule has 0 radical (unpaired) electrons. The average Bonchev–Trinajstić information content (AvgIpc) is 0.722.